The Hall–Kier alpha value is -2.60. The molecule has 3 aromatic heterocycles. The Labute approximate surface area is 138 Å². The van der Waals surface area contributed by atoms with Gasteiger partial charge in [-0.2, -0.15) is 0 Å². The second kappa shape index (κ2) is 6.66. The summed E-state index contributed by atoms with van der Waals surface area (Å²) in [7, 11) is 0. The Balaban J connectivity index is 1.79. The first-order chi connectivity index (χ1) is 11.1. The van der Waals surface area contributed by atoms with Crippen molar-refractivity contribution in [2.45, 2.75) is 19.9 Å². The van der Waals surface area contributed by atoms with Crippen molar-refractivity contribution in [3.05, 3.63) is 65.1 Å². The van der Waals surface area contributed by atoms with Gasteiger partial charge in [0.05, 0.1) is 17.4 Å². The fourth-order valence-corrected chi connectivity index (χ4v) is 3.13. The molecule has 116 valence electrons. The molecule has 0 spiro atoms. The molecule has 3 heterocycles. The highest BCUT2D eigenvalue weighted by Crippen LogP contribution is 2.26. The SMILES string of the molecule is Cc1nc(-c2ccccn2)sc1C(=O)NC(C)c1cccnc1. The number of carbonyl (C=O) groups excluding carboxylic acids is 1. The summed E-state index contributed by atoms with van der Waals surface area (Å²) in [5.74, 6) is -0.126. The molecule has 0 aromatic carbocycles. The Morgan fingerprint density at radius 2 is 2.09 bits per heavy atom. The molecular weight excluding hydrogens is 308 g/mol. The third-order valence-electron chi connectivity index (χ3n) is 3.42. The Morgan fingerprint density at radius 3 is 2.78 bits per heavy atom. The molecule has 6 heteroatoms. The summed E-state index contributed by atoms with van der Waals surface area (Å²) in [5.41, 5.74) is 2.46. The minimum atomic E-state index is -0.126. The molecule has 1 unspecified atom stereocenters. The van der Waals surface area contributed by atoms with Crippen LogP contribution in [0.25, 0.3) is 10.7 Å². The van der Waals surface area contributed by atoms with Gasteiger partial charge in [-0.05, 0) is 37.6 Å². The number of hydrogen-bond donors (Lipinski definition) is 1. The van der Waals surface area contributed by atoms with Crippen LogP contribution in [0.5, 0.6) is 0 Å². The summed E-state index contributed by atoms with van der Waals surface area (Å²) < 4.78 is 0. The molecule has 1 atom stereocenters. The molecule has 0 bridgehead atoms. The Morgan fingerprint density at radius 1 is 1.22 bits per heavy atom. The van der Waals surface area contributed by atoms with Gasteiger partial charge in [0.2, 0.25) is 0 Å². The second-order valence-electron chi connectivity index (χ2n) is 5.13. The predicted molar refractivity (Wildman–Crippen MR) is 90.2 cm³/mol. The van der Waals surface area contributed by atoms with Gasteiger partial charge in [-0.25, -0.2) is 4.98 Å². The molecule has 23 heavy (non-hydrogen) atoms. The molecule has 1 amide bonds. The van der Waals surface area contributed by atoms with Crippen LogP contribution in [0.2, 0.25) is 0 Å². The number of pyridine rings is 2. The van der Waals surface area contributed by atoms with Crippen LogP contribution in [0, 0.1) is 6.92 Å². The maximum absolute atomic E-state index is 12.5. The van der Waals surface area contributed by atoms with E-state index in [2.05, 4.69) is 20.3 Å². The lowest BCUT2D eigenvalue weighted by Crippen LogP contribution is -2.26. The van der Waals surface area contributed by atoms with Crippen molar-refractivity contribution in [2.75, 3.05) is 0 Å². The smallest absolute Gasteiger partial charge is 0.263 e. The van der Waals surface area contributed by atoms with Crippen LogP contribution in [0.3, 0.4) is 0 Å². The third kappa shape index (κ3) is 3.43. The molecule has 1 N–H and O–H groups in total. The van der Waals surface area contributed by atoms with Crippen molar-refractivity contribution in [1.82, 2.24) is 20.3 Å². The average molecular weight is 324 g/mol. The monoisotopic (exact) mass is 324 g/mol. The fourth-order valence-electron chi connectivity index (χ4n) is 2.18. The standard InChI is InChI=1S/C17H16N4OS/c1-11(13-6-5-8-18-10-13)20-16(22)15-12(2)21-17(23-15)14-7-3-4-9-19-14/h3-11H,1-2H3,(H,20,22). The number of thiazole rings is 1. The van der Waals surface area contributed by atoms with Gasteiger partial charge in [-0.3, -0.25) is 14.8 Å². The number of hydrogen-bond acceptors (Lipinski definition) is 5. The molecule has 3 rings (SSSR count). The maximum atomic E-state index is 12.5. The van der Waals surface area contributed by atoms with Crippen molar-refractivity contribution in [3.63, 3.8) is 0 Å². The summed E-state index contributed by atoms with van der Waals surface area (Å²) in [6.45, 7) is 3.78. The summed E-state index contributed by atoms with van der Waals surface area (Å²) in [4.78, 5) is 25.9. The van der Waals surface area contributed by atoms with Crippen molar-refractivity contribution in [1.29, 1.82) is 0 Å². The van der Waals surface area contributed by atoms with E-state index in [-0.39, 0.29) is 11.9 Å². The molecule has 0 aliphatic carbocycles. The topological polar surface area (TPSA) is 67.8 Å². The average Bonchev–Trinajstić information content (AvgIpc) is 2.98. The maximum Gasteiger partial charge on any atom is 0.263 e. The van der Waals surface area contributed by atoms with Gasteiger partial charge in [-0.15, -0.1) is 11.3 Å². The van der Waals surface area contributed by atoms with Crippen LogP contribution in [0.4, 0.5) is 0 Å². The van der Waals surface area contributed by atoms with E-state index in [0.29, 0.717) is 10.6 Å². The first-order valence-electron chi connectivity index (χ1n) is 7.25. The summed E-state index contributed by atoms with van der Waals surface area (Å²) >= 11 is 1.36. The highest BCUT2D eigenvalue weighted by Gasteiger charge is 2.18. The molecule has 5 nitrogen and oxygen atoms in total. The van der Waals surface area contributed by atoms with E-state index >= 15 is 0 Å². The number of aromatic nitrogens is 3. The number of rotatable bonds is 4. The van der Waals surface area contributed by atoms with Gasteiger partial charge >= 0.3 is 0 Å². The molecule has 0 aliphatic rings. The first-order valence-corrected chi connectivity index (χ1v) is 8.06. The molecular formula is C17H16N4OS. The number of nitrogens with zero attached hydrogens (tertiary/aromatic N) is 3. The molecule has 0 radical (unpaired) electrons. The van der Waals surface area contributed by atoms with Gasteiger partial charge in [0.25, 0.3) is 5.91 Å². The largest absolute Gasteiger partial charge is 0.345 e. The van der Waals surface area contributed by atoms with Crippen molar-refractivity contribution < 1.29 is 4.79 Å². The highest BCUT2D eigenvalue weighted by atomic mass is 32.1. The lowest BCUT2D eigenvalue weighted by molar-refractivity contribution is 0.0943. The van der Waals surface area contributed by atoms with Crippen LogP contribution >= 0.6 is 11.3 Å². The van der Waals surface area contributed by atoms with E-state index in [1.165, 1.54) is 11.3 Å². The van der Waals surface area contributed by atoms with Crippen molar-refractivity contribution in [3.8, 4) is 10.7 Å². The summed E-state index contributed by atoms with van der Waals surface area (Å²) in [6.07, 6.45) is 5.19. The molecule has 3 aromatic rings. The van der Waals surface area contributed by atoms with Crippen molar-refractivity contribution in [2.24, 2.45) is 0 Å². The zero-order valence-electron chi connectivity index (χ0n) is 12.9. The number of amides is 1. The molecule has 0 fully saturated rings. The number of carbonyl (C=O) groups is 1. The van der Waals surface area contributed by atoms with Gasteiger partial charge < -0.3 is 5.32 Å². The fraction of sp³-hybridized carbons (Fsp3) is 0.176. The first kappa shape index (κ1) is 15.3. The minimum absolute atomic E-state index is 0.115. The normalized spacial score (nSPS) is 11.9. The quantitative estimate of drug-likeness (QED) is 0.798. The Bertz CT molecular complexity index is 802. The van der Waals surface area contributed by atoms with Crippen molar-refractivity contribution >= 4 is 17.2 Å². The zero-order chi connectivity index (χ0) is 16.2. The van der Waals surface area contributed by atoms with E-state index in [1.807, 2.05) is 44.2 Å². The van der Waals surface area contributed by atoms with Gasteiger partial charge in [-0.1, -0.05) is 12.1 Å². The van der Waals surface area contributed by atoms with Crippen LogP contribution in [-0.2, 0) is 0 Å². The number of nitrogens with one attached hydrogen (secondary N) is 1. The van der Waals surface area contributed by atoms with Gasteiger partial charge in [0.1, 0.15) is 9.88 Å². The van der Waals surface area contributed by atoms with Crippen LogP contribution in [0.15, 0.2) is 48.9 Å². The van der Waals surface area contributed by atoms with E-state index in [9.17, 15) is 4.79 Å². The summed E-state index contributed by atoms with van der Waals surface area (Å²) in [5, 5.41) is 3.74. The second-order valence-corrected chi connectivity index (χ2v) is 6.13. The van der Waals surface area contributed by atoms with Gasteiger partial charge in [0.15, 0.2) is 0 Å². The number of aryl methyl sites for hydroxylation is 1. The summed E-state index contributed by atoms with van der Waals surface area (Å²) in [6, 6.07) is 9.33. The zero-order valence-corrected chi connectivity index (χ0v) is 13.7. The van der Waals surface area contributed by atoms with Crippen LogP contribution in [-0.4, -0.2) is 20.9 Å². The van der Waals surface area contributed by atoms with E-state index in [1.54, 1.807) is 18.6 Å². The predicted octanol–water partition coefficient (Wildman–Crippen LogP) is 3.40. The molecule has 0 saturated heterocycles. The van der Waals surface area contributed by atoms with Gasteiger partial charge in [0, 0.05) is 18.6 Å². The van der Waals surface area contributed by atoms with E-state index in [4.69, 9.17) is 0 Å². The van der Waals surface area contributed by atoms with Crippen LogP contribution < -0.4 is 5.32 Å². The Kier molecular flexibility index (Phi) is 4.43. The van der Waals surface area contributed by atoms with E-state index in [0.717, 1.165) is 16.3 Å². The molecule has 0 aliphatic heterocycles. The lowest BCUT2D eigenvalue weighted by atomic mass is 10.1. The molecule has 0 saturated carbocycles. The van der Waals surface area contributed by atoms with Crippen LogP contribution in [0.1, 0.15) is 33.9 Å². The third-order valence-corrected chi connectivity index (χ3v) is 4.60. The van der Waals surface area contributed by atoms with E-state index < -0.39 is 0 Å². The minimum Gasteiger partial charge on any atom is -0.345 e. The lowest BCUT2D eigenvalue weighted by Gasteiger charge is -2.13. The highest BCUT2D eigenvalue weighted by molar-refractivity contribution is 7.17.